The van der Waals surface area contributed by atoms with Crippen molar-refractivity contribution in [2.24, 2.45) is 0 Å². The molecule has 7 heteroatoms. The molecule has 30 heavy (non-hydrogen) atoms. The van der Waals surface area contributed by atoms with Crippen molar-refractivity contribution in [3.8, 4) is 0 Å². The van der Waals surface area contributed by atoms with Gasteiger partial charge in [-0.05, 0) is 0 Å². The van der Waals surface area contributed by atoms with Crippen LogP contribution in [0.3, 0.4) is 0 Å². The first-order chi connectivity index (χ1) is 14.2. The molecule has 0 spiro atoms. The van der Waals surface area contributed by atoms with Crippen molar-refractivity contribution in [1.29, 1.82) is 5.41 Å². The minimum Gasteiger partial charge on any atom is 1.00 e. The topological polar surface area (TPSA) is 54.1 Å². The van der Waals surface area contributed by atoms with Crippen LogP contribution in [0.5, 0.6) is 0 Å². The number of nitrogens with zero attached hydrogens (tertiary/aromatic N) is 3. The van der Waals surface area contributed by atoms with Gasteiger partial charge in [0.05, 0.1) is 0 Å². The molecule has 0 amide bonds. The maximum atomic E-state index is 7.41. The maximum absolute atomic E-state index is 7.41. The number of piperidine rings is 1. The van der Waals surface area contributed by atoms with E-state index < -0.39 is 19.8 Å². The normalized spacial score (nSPS) is 17.1. The molecule has 1 aromatic carbocycles. The van der Waals surface area contributed by atoms with E-state index in [1.807, 2.05) is 18.1 Å². The number of hydrogen-bond acceptors (Lipinski definition) is 2. The zero-order chi connectivity index (χ0) is 20.2. The van der Waals surface area contributed by atoms with Crippen molar-refractivity contribution < 1.29 is 58.2 Å². The summed E-state index contributed by atoms with van der Waals surface area (Å²) in [5.74, 6) is 0. The van der Waals surface area contributed by atoms with Crippen LogP contribution >= 0.6 is 31.4 Å². The Morgan fingerprint density at radius 2 is 2.10 bits per heavy atom. The van der Waals surface area contributed by atoms with Gasteiger partial charge in [0.2, 0.25) is 0 Å². The van der Waals surface area contributed by atoms with E-state index in [9.17, 15) is 0 Å². The number of aromatic nitrogens is 1. The summed E-state index contributed by atoms with van der Waals surface area (Å²) in [6, 6.07) is 10.8. The molecule has 4 nitrogen and oxygen atoms in total. The summed E-state index contributed by atoms with van der Waals surface area (Å²) in [5, 5.41) is 12.8. The van der Waals surface area contributed by atoms with Crippen molar-refractivity contribution in [3.63, 3.8) is 0 Å². The monoisotopic (exact) mass is 606 g/mol. The van der Waals surface area contributed by atoms with Gasteiger partial charge in [0.25, 0.3) is 0 Å². The van der Waals surface area contributed by atoms with Gasteiger partial charge in [-0.25, -0.2) is 0 Å². The molecule has 2 aliphatic rings. The van der Waals surface area contributed by atoms with E-state index in [0.717, 1.165) is 37.5 Å². The van der Waals surface area contributed by atoms with Gasteiger partial charge in [0.1, 0.15) is 0 Å². The largest absolute Gasteiger partial charge is 1.00 e. The molecular weight excluding hydrogens is 580 g/mol. The number of pyridine rings is 1. The van der Waals surface area contributed by atoms with Gasteiger partial charge >= 0.3 is 244 Å². The quantitative estimate of drug-likeness (QED) is 0.181. The third kappa shape index (κ3) is 5.83. The zero-order valence-electron chi connectivity index (χ0n) is 17.7. The smallest absolute Gasteiger partial charge is 1.00 e. The fourth-order valence-electron chi connectivity index (χ4n) is 4.00. The van der Waals surface area contributed by atoms with Gasteiger partial charge in [0, 0.05) is 0 Å². The summed E-state index contributed by atoms with van der Waals surface area (Å²) in [6.45, 7) is 2.85. The number of hydrogen-bond donors (Lipinski definition) is 1. The second kappa shape index (κ2) is 12.0. The van der Waals surface area contributed by atoms with Crippen LogP contribution in [-0.2, 0) is 0 Å². The van der Waals surface area contributed by atoms with Crippen LogP contribution < -0.4 is 58.2 Å². The molecule has 0 saturated carbocycles. The molecule has 1 fully saturated rings. The van der Waals surface area contributed by atoms with Crippen LogP contribution in [-0.4, -0.2) is 46.8 Å². The third-order valence-electron chi connectivity index (χ3n) is 5.49. The van der Waals surface area contributed by atoms with Crippen molar-refractivity contribution in [1.82, 2.24) is 9.88 Å². The predicted octanol–water partition coefficient (Wildman–Crippen LogP) is 2.99. The summed E-state index contributed by atoms with van der Waals surface area (Å²) >= 11 is 4.75. The van der Waals surface area contributed by atoms with E-state index in [1.54, 1.807) is 0 Å². The average Bonchev–Trinajstić information content (AvgIpc) is 2.88. The van der Waals surface area contributed by atoms with Gasteiger partial charge in [-0.15, -0.1) is 0 Å². The molecule has 2 aromatic rings. The van der Waals surface area contributed by atoms with Gasteiger partial charge in [0.15, 0.2) is 0 Å². The Morgan fingerprint density at radius 1 is 1.30 bits per heavy atom. The first-order valence-electron chi connectivity index (χ1n) is 10.2. The number of allylic oxidation sites excluding steroid dienone is 1. The first kappa shape index (κ1) is 25.0. The standard InChI is InChI=1S/C23H27ClIN4.Rb/c1-29(16-26)13-3-5-17-14-18-4-2-10-28-23(18)25(20-8-11-27-12-9-20)22-7-6-19(24)15-21(17)22;/h2,4,6-7,10,14-16,20,26H,3,5,8-9,11-13H2,1H3;/q-1;+1. The van der Waals surface area contributed by atoms with E-state index in [4.69, 9.17) is 22.0 Å². The second-order valence-corrected chi connectivity index (χ2v) is 13.7. The number of benzene rings is 1. The second-order valence-electron chi connectivity index (χ2n) is 7.55. The third-order valence-corrected chi connectivity index (χ3v) is 12.9. The Morgan fingerprint density at radius 3 is 2.87 bits per heavy atom. The molecule has 1 N–H and O–H groups in total. The van der Waals surface area contributed by atoms with Gasteiger partial charge in [-0.3, -0.25) is 0 Å². The SMILES string of the molecule is CN(C=N)CCCC1=Cc2cccnc2I(C2CC[N-]CC2)c2ccc(Cl)cc21.[Rb+]. The molecule has 1 aromatic heterocycles. The Balaban J connectivity index is 0.00000256. The average molecular weight is 607 g/mol. The van der Waals surface area contributed by atoms with Crippen molar-refractivity contribution in [3.05, 3.63) is 65.3 Å². The summed E-state index contributed by atoms with van der Waals surface area (Å²) < 4.78 is 3.57. The maximum Gasteiger partial charge on any atom is 1.00 e. The summed E-state index contributed by atoms with van der Waals surface area (Å²) in [7, 11) is 1.95. The van der Waals surface area contributed by atoms with Crippen LogP contribution in [0.2, 0.25) is 5.02 Å². The fourth-order valence-corrected chi connectivity index (χ4v) is 11.5. The Labute approximate surface area is 240 Å². The first-order valence-corrected chi connectivity index (χ1v) is 13.9. The summed E-state index contributed by atoms with van der Waals surface area (Å²) in [6.07, 6.45) is 10.1. The Bertz CT molecular complexity index is 914. The summed E-state index contributed by atoms with van der Waals surface area (Å²) in [4.78, 5) is 6.86. The summed E-state index contributed by atoms with van der Waals surface area (Å²) in [5.41, 5.74) is 3.99. The zero-order valence-corrected chi connectivity index (χ0v) is 25.6. The minimum absolute atomic E-state index is 0. The molecule has 4 rings (SSSR count). The van der Waals surface area contributed by atoms with Crippen molar-refractivity contribution in [2.45, 2.75) is 29.6 Å². The number of rotatable bonds is 6. The van der Waals surface area contributed by atoms with E-state index >= 15 is 0 Å². The number of alkyl halides is 1. The van der Waals surface area contributed by atoms with Crippen LogP contribution in [0.4, 0.5) is 0 Å². The molecule has 1 saturated heterocycles. The van der Waals surface area contributed by atoms with E-state index in [2.05, 4.69) is 41.7 Å². The minimum atomic E-state index is -1.72. The van der Waals surface area contributed by atoms with Gasteiger partial charge < -0.3 is 0 Å². The predicted molar refractivity (Wildman–Crippen MR) is 132 cm³/mol. The molecule has 0 unspecified atom stereocenters. The molecule has 154 valence electrons. The van der Waals surface area contributed by atoms with E-state index in [0.29, 0.717) is 3.92 Å². The Hall–Kier alpha value is 0.365. The Kier molecular flexibility index (Phi) is 10.0. The molecule has 0 aliphatic carbocycles. The fraction of sp³-hybridized carbons (Fsp3) is 0.391. The number of halogens is 2. The van der Waals surface area contributed by atoms with Crippen LogP contribution in [0.25, 0.3) is 17.0 Å². The van der Waals surface area contributed by atoms with Crippen LogP contribution in [0, 0.1) is 12.7 Å². The molecule has 3 heterocycles. The van der Waals surface area contributed by atoms with Gasteiger partial charge in [-0.1, -0.05) is 0 Å². The molecule has 0 radical (unpaired) electrons. The molecular formula is C23H27ClIN4Rb. The van der Waals surface area contributed by atoms with E-state index in [1.165, 1.54) is 43.2 Å². The van der Waals surface area contributed by atoms with Gasteiger partial charge in [-0.2, -0.15) is 0 Å². The molecule has 2 aliphatic heterocycles. The number of fused-ring (bicyclic) bond motifs is 2. The van der Waals surface area contributed by atoms with Crippen LogP contribution in [0.15, 0.2) is 36.5 Å². The number of nitrogens with one attached hydrogen (secondary N) is 1. The molecule has 0 bridgehead atoms. The van der Waals surface area contributed by atoms with Crippen LogP contribution in [0.1, 0.15) is 36.8 Å². The molecule has 0 atom stereocenters. The van der Waals surface area contributed by atoms with Crippen molar-refractivity contribution >= 4 is 49.4 Å². The van der Waals surface area contributed by atoms with Crippen molar-refractivity contribution in [2.75, 3.05) is 26.7 Å². The van der Waals surface area contributed by atoms with E-state index in [-0.39, 0.29) is 58.2 Å².